The molecule has 0 bridgehead atoms. The third-order valence-corrected chi connectivity index (χ3v) is 4.89. The van der Waals surface area contributed by atoms with Gasteiger partial charge in [0.25, 0.3) is 0 Å². The largest absolute Gasteiger partial charge is 0.322 e. The summed E-state index contributed by atoms with van der Waals surface area (Å²) in [5, 5.41) is 3.92. The van der Waals surface area contributed by atoms with Crippen molar-refractivity contribution in [1.82, 2.24) is 14.8 Å². The second kappa shape index (κ2) is 8.63. The molecule has 0 atom stereocenters. The highest BCUT2D eigenvalue weighted by atomic mass is 35.5. The number of amides is 1. The molecular weight excluding hydrogens is 359 g/mol. The monoisotopic (exact) mass is 378 g/mol. The summed E-state index contributed by atoms with van der Waals surface area (Å²) in [4.78, 5) is 20.6. The van der Waals surface area contributed by atoms with E-state index >= 15 is 0 Å². The first-order valence-corrected chi connectivity index (χ1v) is 8.96. The number of nitrogens with zero attached hydrogens (tertiary/aromatic N) is 3. The minimum Gasteiger partial charge on any atom is -0.322 e. The van der Waals surface area contributed by atoms with Crippen LogP contribution in [0.1, 0.15) is 5.56 Å². The number of piperazine rings is 1. The third-order valence-electron chi connectivity index (χ3n) is 4.22. The first-order valence-electron chi connectivity index (χ1n) is 8.20. The van der Waals surface area contributed by atoms with Gasteiger partial charge in [-0.2, -0.15) is 0 Å². The second-order valence-corrected chi connectivity index (χ2v) is 6.80. The number of hydrogen-bond acceptors (Lipinski definition) is 4. The number of pyridine rings is 1. The summed E-state index contributed by atoms with van der Waals surface area (Å²) in [6.45, 7) is 4.70. The predicted molar refractivity (Wildman–Crippen MR) is 101 cm³/mol. The number of nitrogens with one attached hydrogen (secondary N) is 1. The van der Waals surface area contributed by atoms with Gasteiger partial charge in [0.2, 0.25) is 5.91 Å². The highest BCUT2D eigenvalue weighted by molar-refractivity contribution is 6.32. The first-order chi connectivity index (χ1) is 12.1. The Morgan fingerprint density at radius 3 is 2.48 bits per heavy atom. The Morgan fingerprint density at radius 2 is 1.76 bits per heavy atom. The Labute approximate surface area is 157 Å². The summed E-state index contributed by atoms with van der Waals surface area (Å²) in [6.07, 6.45) is 1.59. The van der Waals surface area contributed by atoms with Crippen LogP contribution in [0.4, 0.5) is 5.69 Å². The molecule has 1 fully saturated rings. The van der Waals surface area contributed by atoms with Gasteiger partial charge < -0.3 is 5.32 Å². The van der Waals surface area contributed by atoms with Crippen molar-refractivity contribution in [2.75, 3.05) is 38.0 Å². The van der Waals surface area contributed by atoms with Crippen LogP contribution in [0.2, 0.25) is 10.2 Å². The molecule has 1 amide bonds. The number of hydrogen-bond donors (Lipinski definition) is 1. The van der Waals surface area contributed by atoms with E-state index < -0.39 is 0 Å². The molecule has 1 N–H and O–H groups in total. The molecule has 1 aliphatic heterocycles. The zero-order valence-corrected chi connectivity index (χ0v) is 15.3. The number of carbonyl (C=O) groups is 1. The van der Waals surface area contributed by atoms with Gasteiger partial charge in [-0.1, -0.05) is 41.4 Å². The van der Waals surface area contributed by atoms with E-state index in [4.69, 9.17) is 23.2 Å². The zero-order chi connectivity index (χ0) is 17.6. The van der Waals surface area contributed by atoms with Crippen LogP contribution < -0.4 is 5.32 Å². The molecule has 1 saturated heterocycles. The molecule has 1 aromatic carbocycles. The maximum absolute atomic E-state index is 12.2. The fourth-order valence-corrected chi connectivity index (χ4v) is 3.21. The van der Waals surface area contributed by atoms with Crippen molar-refractivity contribution in [3.63, 3.8) is 0 Å². The number of carbonyl (C=O) groups excluding carboxylic acids is 1. The average Bonchev–Trinajstić information content (AvgIpc) is 2.61. The van der Waals surface area contributed by atoms with Crippen molar-refractivity contribution >= 4 is 34.8 Å². The van der Waals surface area contributed by atoms with E-state index in [0.717, 1.165) is 43.3 Å². The average molecular weight is 379 g/mol. The minimum absolute atomic E-state index is 0.0746. The second-order valence-electron chi connectivity index (χ2n) is 6.03. The lowest BCUT2D eigenvalue weighted by Gasteiger charge is -2.34. The molecule has 132 valence electrons. The summed E-state index contributed by atoms with van der Waals surface area (Å²) in [5.74, 6) is -0.0746. The zero-order valence-electron chi connectivity index (χ0n) is 13.8. The lowest BCUT2D eigenvalue weighted by atomic mass is 10.2. The molecule has 25 heavy (non-hydrogen) atoms. The van der Waals surface area contributed by atoms with Gasteiger partial charge in [0.15, 0.2) is 5.15 Å². The van der Waals surface area contributed by atoms with Crippen LogP contribution in [0.5, 0.6) is 0 Å². The van der Waals surface area contributed by atoms with Crippen LogP contribution in [-0.4, -0.2) is 53.4 Å². The van der Waals surface area contributed by atoms with Gasteiger partial charge in [0, 0.05) is 43.9 Å². The highest BCUT2D eigenvalue weighted by Crippen LogP contribution is 2.19. The lowest BCUT2D eigenvalue weighted by molar-refractivity contribution is -0.117. The number of aromatic nitrogens is 1. The quantitative estimate of drug-likeness (QED) is 0.811. The van der Waals surface area contributed by atoms with E-state index in [2.05, 4.69) is 26.2 Å². The molecule has 1 aliphatic rings. The summed E-state index contributed by atoms with van der Waals surface area (Å²) in [7, 11) is 0. The number of halogens is 2. The summed E-state index contributed by atoms with van der Waals surface area (Å²) in [6, 6.07) is 11.4. The van der Waals surface area contributed by atoms with E-state index in [9.17, 15) is 4.79 Å². The number of anilines is 1. The number of rotatable bonds is 5. The maximum Gasteiger partial charge on any atom is 0.238 e. The summed E-state index contributed by atoms with van der Waals surface area (Å²) in [5.41, 5.74) is 1.69. The van der Waals surface area contributed by atoms with Gasteiger partial charge in [0.05, 0.1) is 12.2 Å². The summed E-state index contributed by atoms with van der Waals surface area (Å²) < 4.78 is 0. The van der Waals surface area contributed by atoms with Crippen molar-refractivity contribution in [2.45, 2.75) is 6.54 Å². The molecule has 2 aromatic rings. The minimum atomic E-state index is -0.0746. The summed E-state index contributed by atoms with van der Waals surface area (Å²) >= 11 is 12.2. The number of benzene rings is 1. The van der Waals surface area contributed by atoms with Crippen LogP contribution in [0.25, 0.3) is 0 Å². The van der Waals surface area contributed by atoms with Gasteiger partial charge in [-0.15, -0.1) is 0 Å². The van der Waals surface area contributed by atoms with Gasteiger partial charge in [0.1, 0.15) is 0 Å². The molecule has 7 heteroatoms. The van der Waals surface area contributed by atoms with Crippen LogP contribution in [0.15, 0.2) is 42.6 Å². The van der Waals surface area contributed by atoms with E-state index in [1.165, 1.54) is 0 Å². The van der Waals surface area contributed by atoms with E-state index in [1.807, 2.05) is 18.2 Å². The molecule has 3 rings (SSSR count). The topological polar surface area (TPSA) is 48.5 Å². The molecule has 5 nitrogen and oxygen atoms in total. The Bertz CT molecular complexity index is 733. The van der Waals surface area contributed by atoms with Gasteiger partial charge in [-0.25, -0.2) is 4.98 Å². The lowest BCUT2D eigenvalue weighted by Crippen LogP contribution is -2.48. The molecule has 1 aromatic heterocycles. The fourth-order valence-electron chi connectivity index (χ4n) is 2.85. The maximum atomic E-state index is 12.2. The smallest absolute Gasteiger partial charge is 0.238 e. The highest BCUT2D eigenvalue weighted by Gasteiger charge is 2.20. The van der Waals surface area contributed by atoms with Crippen LogP contribution >= 0.6 is 23.2 Å². The predicted octanol–water partition coefficient (Wildman–Crippen LogP) is 3.14. The van der Waals surface area contributed by atoms with Crippen molar-refractivity contribution in [1.29, 1.82) is 0 Å². The first kappa shape index (κ1) is 18.1. The van der Waals surface area contributed by atoms with E-state index in [0.29, 0.717) is 17.4 Å². The normalized spacial score (nSPS) is 15.9. The Morgan fingerprint density at radius 1 is 1.04 bits per heavy atom. The fraction of sp³-hybridized carbons (Fsp3) is 0.333. The van der Waals surface area contributed by atoms with Crippen molar-refractivity contribution in [3.8, 4) is 0 Å². The van der Waals surface area contributed by atoms with Crippen LogP contribution in [0, 0.1) is 0 Å². The van der Waals surface area contributed by atoms with Gasteiger partial charge >= 0.3 is 0 Å². The van der Waals surface area contributed by atoms with E-state index in [-0.39, 0.29) is 5.91 Å². The third kappa shape index (κ3) is 5.16. The van der Waals surface area contributed by atoms with E-state index in [1.54, 1.807) is 18.3 Å². The van der Waals surface area contributed by atoms with Crippen molar-refractivity contribution < 1.29 is 4.79 Å². The van der Waals surface area contributed by atoms with Crippen molar-refractivity contribution in [3.05, 3.63) is 58.3 Å². The Hall–Kier alpha value is -1.66. The van der Waals surface area contributed by atoms with Gasteiger partial charge in [-0.05, 0) is 23.8 Å². The molecule has 0 saturated carbocycles. The SMILES string of the molecule is O=C(CN1CCN(Cc2ccccc2Cl)CC1)Nc1cccnc1Cl. The van der Waals surface area contributed by atoms with Crippen molar-refractivity contribution in [2.24, 2.45) is 0 Å². The van der Waals surface area contributed by atoms with Gasteiger partial charge in [-0.3, -0.25) is 14.6 Å². The standard InChI is InChI=1S/C18H20Cl2N4O/c19-15-5-2-1-4-14(15)12-23-8-10-24(11-9-23)13-17(25)22-16-6-3-7-21-18(16)20/h1-7H,8-13H2,(H,22,25). The molecule has 0 radical (unpaired) electrons. The molecule has 2 heterocycles. The van der Waals surface area contributed by atoms with Crippen LogP contribution in [0.3, 0.4) is 0 Å². The molecule has 0 unspecified atom stereocenters. The Kier molecular flexibility index (Phi) is 6.26. The molecule has 0 spiro atoms. The molecule has 0 aliphatic carbocycles. The molecular formula is C18H20Cl2N4O. The Balaban J connectivity index is 1.45. The van der Waals surface area contributed by atoms with Crippen LogP contribution in [-0.2, 0) is 11.3 Å².